The van der Waals surface area contributed by atoms with Gasteiger partial charge in [0.05, 0.1) is 0 Å². The summed E-state index contributed by atoms with van der Waals surface area (Å²) in [5, 5.41) is 0. The van der Waals surface area contributed by atoms with E-state index in [9.17, 15) is 14.0 Å². The number of carbonyl (C=O) groups is 1. The van der Waals surface area contributed by atoms with E-state index in [2.05, 4.69) is 0 Å². The zero-order valence-corrected chi connectivity index (χ0v) is 13.7. The van der Waals surface area contributed by atoms with E-state index in [-0.39, 0.29) is 23.8 Å². The maximum atomic E-state index is 13.6. The van der Waals surface area contributed by atoms with Crippen LogP contribution < -0.4 is 5.56 Å². The van der Waals surface area contributed by atoms with Crippen molar-refractivity contribution in [2.24, 2.45) is 5.92 Å². The second-order valence-corrected chi connectivity index (χ2v) is 6.45. The van der Waals surface area contributed by atoms with Crippen molar-refractivity contribution in [1.82, 2.24) is 9.47 Å². The first-order valence-electron chi connectivity index (χ1n) is 8.21. The Morgan fingerprint density at radius 3 is 2.88 bits per heavy atom. The highest BCUT2D eigenvalue weighted by Gasteiger charge is 2.26. The molecule has 1 saturated heterocycles. The normalized spacial score (nSPS) is 17.2. The number of aryl methyl sites for hydroxylation is 1. The summed E-state index contributed by atoms with van der Waals surface area (Å²) in [5.74, 6) is 0.117. The molecule has 1 unspecified atom stereocenters. The van der Waals surface area contributed by atoms with Crippen LogP contribution in [0.15, 0.2) is 47.4 Å². The zero-order valence-electron chi connectivity index (χ0n) is 13.7. The van der Waals surface area contributed by atoms with Gasteiger partial charge in [-0.05, 0) is 48.9 Å². The maximum absolute atomic E-state index is 13.6. The summed E-state index contributed by atoms with van der Waals surface area (Å²) < 4.78 is 15.1. The Morgan fingerprint density at radius 1 is 1.29 bits per heavy atom. The monoisotopic (exact) mass is 328 g/mol. The average Bonchev–Trinajstić information content (AvgIpc) is 3.02. The van der Waals surface area contributed by atoms with Crippen molar-refractivity contribution >= 4 is 5.91 Å². The van der Waals surface area contributed by atoms with Crippen molar-refractivity contribution in [3.8, 4) is 0 Å². The highest BCUT2D eigenvalue weighted by molar-refractivity contribution is 5.76. The summed E-state index contributed by atoms with van der Waals surface area (Å²) in [4.78, 5) is 25.9. The lowest BCUT2D eigenvalue weighted by atomic mass is 9.98. The Labute approximate surface area is 140 Å². The highest BCUT2D eigenvalue weighted by atomic mass is 19.1. The minimum absolute atomic E-state index is 0.0408. The van der Waals surface area contributed by atoms with E-state index >= 15 is 0 Å². The van der Waals surface area contributed by atoms with Gasteiger partial charge in [-0.1, -0.05) is 18.2 Å². The summed E-state index contributed by atoms with van der Waals surface area (Å²) in [5.41, 5.74) is 1.45. The third kappa shape index (κ3) is 3.72. The molecule has 0 aliphatic carbocycles. The third-order valence-electron chi connectivity index (χ3n) is 4.60. The van der Waals surface area contributed by atoms with E-state index in [0.717, 1.165) is 18.4 Å². The predicted octanol–water partition coefficient (Wildman–Crippen LogP) is 2.39. The molecule has 3 rings (SSSR count). The van der Waals surface area contributed by atoms with Gasteiger partial charge in [0.2, 0.25) is 5.91 Å². The van der Waals surface area contributed by atoms with Crippen molar-refractivity contribution in [2.75, 3.05) is 13.1 Å². The summed E-state index contributed by atoms with van der Waals surface area (Å²) in [6, 6.07) is 10.2. The van der Waals surface area contributed by atoms with Gasteiger partial charge in [0.25, 0.3) is 5.56 Å². The van der Waals surface area contributed by atoms with Crippen molar-refractivity contribution in [3.05, 3.63) is 69.9 Å². The number of carbonyl (C=O) groups excluding carboxylic acids is 1. The molecule has 0 spiro atoms. The van der Waals surface area contributed by atoms with E-state index in [0.29, 0.717) is 24.6 Å². The topological polar surface area (TPSA) is 42.3 Å². The lowest BCUT2D eigenvalue weighted by Gasteiger charge is -2.17. The summed E-state index contributed by atoms with van der Waals surface area (Å²) >= 11 is 0. The molecule has 0 N–H and O–H groups in total. The lowest BCUT2D eigenvalue weighted by molar-refractivity contribution is -0.130. The molecule has 0 radical (unpaired) electrons. The van der Waals surface area contributed by atoms with Crippen LogP contribution in [-0.4, -0.2) is 28.5 Å². The van der Waals surface area contributed by atoms with Crippen molar-refractivity contribution < 1.29 is 9.18 Å². The molecule has 4 nitrogen and oxygen atoms in total. The van der Waals surface area contributed by atoms with Gasteiger partial charge in [-0.2, -0.15) is 0 Å². The fourth-order valence-electron chi connectivity index (χ4n) is 3.16. The van der Waals surface area contributed by atoms with Crippen LogP contribution in [0.5, 0.6) is 0 Å². The van der Waals surface area contributed by atoms with Gasteiger partial charge < -0.3 is 9.47 Å². The van der Waals surface area contributed by atoms with Crippen LogP contribution in [0.4, 0.5) is 4.39 Å². The number of amides is 1. The van der Waals surface area contributed by atoms with Crippen molar-refractivity contribution in [1.29, 1.82) is 0 Å². The first kappa shape index (κ1) is 16.4. The molecule has 1 aromatic carbocycles. The van der Waals surface area contributed by atoms with E-state index < -0.39 is 0 Å². The molecule has 5 heteroatoms. The van der Waals surface area contributed by atoms with Gasteiger partial charge in [-0.25, -0.2) is 4.39 Å². The maximum Gasteiger partial charge on any atom is 0.250 e. The second-order valence-electron chi connectivity index (χ2n) is 6.45. The molecule has 1 aromatic heterocycles. The van der Waals surface area contributed by atoms with Crippen LogP contribution in [0.3, 0.4) is 0 Å². The number of hydrogen-bond acceptors (Lipinski definition) is 2. The molecule has 1 fully saturated rings. The summed E-state index contributed by atoms with van der Waals surface area (Å²) in [7, 11) is 0. The summed E-state index contributed by atoms with van der Waals surface area (Å²) in [6.07, 6.45) is 3.31. The number of rotatable bonds is 4. The smallest absolute Gasteiger partial charge is 0.250 e. The number of hydrogen-bond donors (Lipinski definition) is 0. The fraction of sp³-hybridized carbons (Fsp3) is 0.368. The van der Waals surface area contributed by atoms with E-state index in [1.54, 1.807) is 42.3 Å². The first-order valence-corrected chi connectivity index (χ1v) is 8.21. The van der Waals surface area contributed by atoms with E-state index in [1.165, 1.54) is 10.6 Å². The van der Waals surface area contributed by atoms with E-state index in [1.807, 2.05) is 6.07 Å². The third-order valence-corrected chi connectivity index (χ3v) is 4.60. The molecule has 1 aliphatic heterocycles. The van der Waals surface area contributed by atoms with Gasteiger partial charge in [0.15, 0.2) is 0 Å². The molecular weight excluding hydrogens is 307 g/mol. The predicted molar refractivity (Wildman–Crippen MR) is 90.2 cm³/mol. The Hall–Kier alpha value is -2.43. The van der Waals surface area contributed by atoms with Gasteiger partial charge >= 0.3 is 0 Å². The quantitative estimate of drug-likeness (QED) is 0.865. The fourth-order valence-corrected chi connectivity index (χ4v) is 3.16. The number of benzene rings is 1. The van der Waals surface area contributed by atoms with Crippen LogP contribution in [-0.2, 0) is 17.8 Å². The number of pyridine rings is 1. The molecule has 0 saturated carbocycles. The molecule has 1 atom stereocenters. The second kappa shape index (κ2) is 6.99. The van der Waals surface area contributed by atoms with Crippen LogP contribution in [0.25, 0.3) is 0 Å². The van der Waals surface area contributed by atoms with Gasteiger partial charge in [-0.3, -0.25) is 9.59 Å². The average molecular weight is 328 g/mol. The standard InChI is InChI=1S/C19H21FN2O2/c1-14-5-6-15(11-17(14)20)10-16-7-9-22(12-16)19(24)13-21-8-3-2-4-18(21)23/h2-6,8,11,16H,7,9-10,12-13H2,1H3. The molecule has 24 heavy (non-hydrogen) atoms. The van der Waals surface area contributed by atoms with Crippen LogP contribution in [0.2, 0.25) is 0 Å². The van der Waals surface area contributed by atoms with Crippen LogP contribution in [0, 0.1) is 18.7 Å². The van der Waals surface area contributed by atoms with Gasteiger partial charge in [0.1, 0.15) is 12.4 Å². The van der Waals surface area contributed by atoms with Gasteiger partial charge in [-0.15, -0.1) is 0 Å². The van der Waals surface area contributed by atoms with Crippen molar-refractivity contribution in [3.63, 3.8) is 0 Å². The Balaban J connectivity index is 1.58. The molecule has 2 aromatic rings. The molecule has 1 aliphatic rings. The highest BCUT2D eigenvalue weighted by Crippen LogP contribution is 2.22. The molecular formula is C19H21FN2O2. The number of aromatic nitrogens is 1. The number of halogens is 1. The number of likely N-dealkylation sites (tertiary alicyclic amines) is 1. The van der Waals surface area contributed by atoms with E-state index in [4.69, 9.17) is 0 Å². The van der Waals surface area contributed by atoms with Crippen LogP contribution >= 0.6 is 0 Å². The lowest BCUT2D eigenvalue weighted by Crippen LogP contribution is -2.34. The number of nitrogens with zero attached hydrogens (tertiary/aromatic N) is 2. The molecule has 0 bridgehead atoms. The minimum atomic E-state index is -0.179. The Morgan fingerprint density at radius 2 is 2.12 bits per heavy atom. The minimum Gasteiger partial charge on any atom is -0.341 e. The zero-order chi connectivity index (χ0) is 17.1. The summed E-state index contributed by atoms with van der Waals surface area (Å²) in [6.45, 7) is 3.18. The molecule has 2 heterocycles. The van der Waals surface area contributed by atoms with Gasteiger partial charge in [0, 0.05) is 25.4 Å². The Bertz CT molecular complexity index is 800. The molecule has 126 valence electrons. The van der Waals surface area contributed by atoms with Crippen LogP contribution in [0.1, 0.15) is 17.5 Å². The van der Waals surface area contributed by atoms with Crippen molar-refractivity contribution in [2.45, 2.75) is 26.3 Å². The molecule has 1 amide bonds. The largest absolute Gasteiger partial charge is 0.341 e. The first-order chi connectivity index (χ1) is 11.5. The SMILES string of the molecule is Cc1ccc(CC2CCN(C(=O)Cn3ccccc3=O)C2)cc1F. The Kier molecular flexibility index (Phi) is 4.79.